The molecule has 2 aromatic carbocycles. The minimum atomic E-state index is -1.03. The largest absolute Gasteiger partial charge is 0.480 e. The first-order chi connectivity index (χ1) is 13.5. The molecule has 7 heteroatoms. The van der Waals surface area contributed by atoms with Gasteiger partial charge >= 0.3 is 5.97 Å². The lowest BCUT2D eigenvalue weighted by molar-refractivity contribution is -0.151. The van der Waals surface area contributed by atoms with Gasteiger partial charge in [0.2, 0.25) is 11.8 Å². The van der Waals surface area contributed by atoms with E-state index < -0.39 is 12.0 Å². The van der Waals surface area contributed by atoms with Gasteiger partial charge in [-0.2, -0.15) is 0 Å². The first-order valence-corrected chi connectivity index (χ1v) is 8.80. The summed E-state index contributed by atoms with van der Waals surface area (Å²) >= 11 is 0. The van der Waals surface area contributed by atoms with E-state index in [1.165, 1.54) is 35.4 Å². The molecule has 0 unspecified atom stereocenters. The van der Waals surface area contributed by atoms with Gasteiger partial charge in [0.15, 0.2) is 0 Å². The molecular weight excluding hydrogens is 363 g/mol. The number of aliphatic carboxylic acids is 1. The van der Waals surface area contributed by atoms with Crippen molar-refractivity contribution in [2.75, 3.05) is 0 Å². The predicted octanol–water partition coefficient (Wildman–Crippen LogP) is 3.06. The van der Waals surface area contributed by atoms with Gasteiger partial charge in [0.1, 0.15) is 18.1 Å². The highest BCUT2D eigenvalue weighted by atomic mass is 19.1. The Hall–Kier alpha value is -3.48. The smallest absolute Gasteiger partial charge is 0.326 e. The highest BCUT2D eigenvalue weighted by Crippen LogP contribution is 2.25. The lowest BCUT2D eigenvalue weighted by atomic mass is 9.93. The van der Waals surface area contributed by atoms with Crippen LogP contribution in [0.1, 0.15) is 16.8 Å². The van der Waals surface area contributed by atoms with Crippen molar-refractivity contribution in [3.05, 3.63) is 77.4 Å². The quantitative estimate of drug-likeness (QED) is 0.752. The lowest BCUT2D eigenvalue weighted by Gasteiger charge is -2.34. The molecule has 3 aromatic rings. The van der Waals surface area contributed by atoms with E-state index in [1.807, 2.05) is 24.3 Å². The summed E-state index contributed by atoms with van der Waals surface area (Å²) in [6, 6.07) is 12.3. The molecule has 1 aliphatic rings. The van der Waals surface area contributed by atoms with Crippen molar-refractivity contribution in [2.45, 2.75) is 25.4 Å². The van der Waals surface area contributed by atoms with Crippen LogP contribution in [0.4, 0.5) is 4.39 Å². The van der Waals surface area contributed by atoms with Gasteiger partial charge in [-0.25, -0.2) is 14.2 Å². The first kappa shape index (κ1) is 17.9. The van der Waals surface area contributed by atoms with Crippen molar-refractivity contribution in [1.82, 2.24) is 9.88 Å². The van der Waals surface area contributed by atoms with Crippen molar-refractivity contribution in [3.63, 3.8) is 0 Å². The maximum absolute atomic E-state index is 13.0. The van der Waals surface area contributed by atoms with Crippen LogP contribution in [0.15, 0.2) is 59.2 Å². The summed E-state index contributed by atoms with van der Waals surface area (Å²) < 4.78 is 18.4. The molecule has 0 radical (unpaired) electrons. The summed E-state index contributed by atoms with van der Waals surface area (Å²) in [6.07, 6.45) is 1.57. The Morgan fingerprint density at radius 2 is 1.86 bits per heavy atom. The Kier molecular flexibility index (Phi) is 4.65. The fourth-order valence-electron chi connectivity index (χ4n) is 3.38. The van der Waals surface area contributed by atoms with Gasteiger partial charge in [0.05, 0.1) is 12.1 Å². The average Bonchev–Trinajstić information content (AvgIpc) is 3.15. The molecule has 28 heavy (non-hydrogen) atoms. The average molecular weight is 380 g/mol. The minimum absolute atomic E-state index is 0.0728. The van der Waals surface area contributed by atoms with Crippen LogP contribution >= 0.6 is 0 Å². The molecule has 1 N–H and O–H groups in total. The molecule has 1 aromatic heterocycles. The minimum Gasteiger partial charge on any atom is -0.480 e. The van der Waals surface area contributed by atoms with E-state index in [4.69, 9.17) is 4.42 Å². The number of carboxylic acids is 1. The number of carboxylic acid groups (broad SMARTS) is 1. The van der Waals surface area contributed by atoms with E-state index in [1.54, 1.807) is 0 Å². The van der Waals surface area contributed by atoms with Crippen LogP contribution in [0.2, 0.25) is 0 Å². The van der Waals surface area contributed by atoms with Crippen LogP contribution in [0.25, 0.3) is 11.5 Å². The number of carbonyl (C=O) groups is 2. The first-order valence-electron chi connectivity index (χ1n) is 8.80. The highest BCUT2D eigenvalue weighted by Gasteiger charge is 2.34. The summed E-state index contributed by atoms with van der Waals surface area (Å²) in [5.74, 6) is -1.45. The number of carbonyl (C=O) groups excluding carboxylic acids is 1. The standard InChI is InChI=1S/C21H17FN2O4/c22-16-7-5-13(6-8-16)20-23-17(12-28-20)10-19(25)24-11-15-4-2-1-3-14(15)9-18(24)21(26)27/h1-8,12,18H,9-11H2,(H,26,27)/t18-/m0/s1. The van der Waals surface area contributed by atoms with E-state index in [0.29, 0.717) is 11.3 Å². The molecule has 0 aliphatic carbocycles. The fraction of sp³-hybridized carbons (Fsp3) is 0.190. The molecule has 0 bridgehead atoms. The number of oxazole rings is 1. The Bertz CT molecular complexity index is 1030. The number of fused-ring (bicyclic) bond motifs is 1. The Morgan fingerprint density at radius 1 is 1.14 bits per heavy atom. The Balaban J connectivity index is 1.53. The summed E-state index contributed by atoms with van der Waals surface area (Å²) in [4.78, 5) is 30.2. The van der Waals surface area contributed by atoms with Gasteiger partial charge in [-0.3, -0.25) is 4.79 Å². The van der Waals surface area contributed by atoms with Crippen LogP contribution in [0, 0.1) is 5.82 Å². The van der Waals surface area contributed by atoms with Crippen molar-refractivity contribution < 1.29 is 23.5 Å². The topological polar surface area (TPSA) is 83.6 Å². The molecule has 1 atom stereocenters. The van der Waals surface area contributed by atoms with Crippen molar-refractivity contribution >= 4 is 11.9 Å². The third kappa shape index (κ3) is 3.51. The third-order valence-electron chi connectivity index (χ3n) is 4.83. The number of hydrogen-bond acceptors (Lipinski definition) is 4. The van der Waals surface area contributed by atoms with Gasteiger partial charge in [-0.15, -0.1) is 0 Å². The number of rotatable bonds is 4. The molecule has 1 amide bonds. The monoisotopic (exact) mass is 380 g/mol. The molecule has 4 rings (SSSR count). The van der Waals surface area contributed by atoms with Crippen molar-refractivity contribution in [3.8, 4) is 11.5 Å². The van der Waals surface area contributed by atoms with E-state index in [0.717, 1.165) is 11.1 Å². The Morgan fingerprint density at radius 3 is 2.57 bits per heavy atom. The van der Waals surface area contributed by atoms with Gasteiger partial charge in [0, 0.05) is 18.5 Å². The normalized spacial score (nSPS) is 15.9. The second kappa shape index (κ2) is 7.26. The number of benzene rings is 2. The fourth-order valence-corrected chi connectivity index (χ4v) is 3.38. The zero-order valence-corrected chi connectivity index (χ0v) is 14.8. The van der Waals surface area contributed by atoms with E-state index >= 15 is 0 Å². The number of amides is 1. The van der Waals surface area contributed by atoms with Gasteiger partial charge in [0.25, 0.3) is 0 Å². The van der Waals surface area contributed by atoms with Gasteiger partial charge in [-0.1, -0.05) is 24.3 Å². The molecule has 0 spiro atoms. The zero-order chi connectivity index (χ0) is 19.7. The molecule has 0 saturated carbocycles. The summed E-state index contributed by atoms with van der Waals surface area (Å²) in [5, 5.41) is 9.57. The molecule has 0 fully saturated rings. The van der Waals surface area contributed by atoms with Crippen molar-refractivity contribution in [1.29, 1.82) is 0 Å². The summed E-state index contributed by atoms with van der Waals surface area (Å²) in [7, 11) is 0. The van der Waals surface area contributed by atoms with Gasteiger partial charge < -0.3 is 14.4 Å². The number of nitrogens with zero attached hydrogens (tertiary/aromatic N) is 2. The lowest BCUT2D eigenvalue weighted by Crippen LogP contribution is -2.49. The summed E-state index contributed by atoms with van der Waals surface area (Å²) in [5.41, 5.74) is 2.88. The van der Waals surface area contributed by atoms with Crippen LogP contribution in [-0.2, 0) is 29.0 Å². The molecule has 1 aliphatic heterocycles. The number of aromatic nitrogens is 1. The third-order valence-corrected chi connectivity index (χ3v) is 4.83. The van der Waals surface area contributed by atoms with Crippen LogP contribution in [0.3, 0.4) is 0 Å². The van der Waals surface area contributed by atoms with E-state index in [9.17, 15) is 19.1 Å². The molecule has 142 valence electrons. The van der Waals surface area contributed by atoms with Crippen LogP contribution in [-0.4, -0.2) is 32.9 Å². The predicted molar refractivity (Wildman–Crippen MR) is 97.7 cm³/mol. The molecule has 0 saturated heterocycles. The summed E-state index contributed by atoms with van der Waals surface area (Å²) in [6.45, 7) is 0.245. The SMILES string of the molecule is O=C(O)[C@@H]1Cc2ccccc2CN1C(=O)Cc1coc(-c2ccc(F)cc2)n1. The molecule has 6 nitrogen and oxygen atoms in total. The molecular formula is C21H17FN2O4. The second-order valence-corrected chi connectivity index (χ2v) is 6.68. The molecule has 2 heterocycles. The maximum Gasteiger partial charge on any atom is 0.326 e. The van der Waals surface area contributed by atoms with E-state index in [-0.39, 0.29) is 37.0 Å². The number of hydrogen-bond donors (Lipinski definition) is 1. The van der Waals surface area contributed by atoms with Crippen LogP contribution in [0.5, 0.6) is 0 Å². The van der Waals surface area contributed by atoms with Gasteiger partial charge in [-0.05, 0) is 35.4 Å². The second-order valence-electron chi connectivity index (χ2n) is 6.68. The van der Waals surface area contributed by atoms with E-state index in [2.05, 4.69) is 4.98 Å². The Labute approximate surface area is 160 Å². The zero-order valence-electron chi connectivity index (χ0n) is 14.8. The van der Waals surface area contributed by atoms with Crippen molar-refractivity contribution in [2.24, 2.45) is 0 Å². The maximum atomic E-state index is 13.0. The highest BCUT2D eigenvalue weighted by molar-refractivity contribution is 5.85. The van der Waals surface area contributed by atoms with Crippen LogP contribution < -0.4 is 0 Å². The number of halogens is 1.